The van der Waals surface area contributed by atoms with Crippen LogP contribution in [0.25, 0.3) is 0 Å². The van der Waals surface area contributed by atoms with Crippen LogP contribution < -0.4 is 14.9 Å². The molecule has 1 heterocycles. The molecule has 0 spiro atoms. The number of hydrogen-bond donors (Lipinski definition) is 1. The molecule has 7 heteroatoms. The summed E-state index contributed by atoms with van der Waals surface area (Å²) in [7, 11) is 3.02. The molecule has 2 aromatic rings. The largest absolute Gasteiger partial charge is 0.493 e. The average molecular weight is 320 g/mol. The molecule has 2 rings (SSSR count). The maximum absolute atomic E-state index is 11.8. The van der Waals surface area contributed by atoms with Gasteiger partial charge in [0.05, 0.1) is 25.5 Å². The number of pyridine rings is 1. The van der Waals surface area contributed by atoms with Gasteiger partial charge in [0, 0.05) is 18.0 Å². The molecule has 0 aliphatic carbocycles. The summed E-state index contributed by atoms with van der Waals surface area (Å²) < 4.78 is 10.3. The van der Waals surface area contributed by atoms with Crippen LogP contribution in [0.4, 0.5) is 0 Å². The molecule has 6 nitrogen and oxygen atoms in total. The number of hydrogen-bond acceptors (Lipinski definition) is 5. The van der Waals surface area contributed by atoms with Gasteiger partial charge >= 0.3 is 0 Å². The van der Waals surface area contributed by atoms with Crippen LogP contribution in [-0.2, 0) is 0 Å². The lowest BCUT2D eigenvalue weighted by molar-refractivity contribution is 0.0955. The Kier molecular flexibility index (Phi) is 5.32. The summed E-state index contributed by atoms with van der Waals surface area (Å²) in [6.07, 6.45) is 4.53. The Hall–Kier alpha value is -2.60. The molecule has 1 aromatic heterocycles. The number of aromatic nitrogens is 1. The normalized spacial score (nSPS) is 10.5. The lowest BCUT2D eigenvalue weighted by atomic mass is 10.2. The number of benzene rings is 1. The summed E-state index contributed by atoms with van der Waals surface area (Å²) in [5.74, 6) is 0.601. The standard InChI is InChI=1S/C15H14ClN3O3/c1-21-13-8-10(7-12(16)14(13)22-2)9-18-19-15(20)11-3-5-17-6-4-11/h3-9H,1-2H3,(H,19,20). The molecular formula is C15H14ClN3O3. The highest BCUT2D eigenvalue weighted by atomic mass is 35.5. The molecule has 1 N–H and O–H groups in total. The highest BCUT2D eigenvalue weighted by Gasteiger charge is 2.10. The van der Waals surface area contributed by atoms with Gasteiger partial charge in [0.1, 0.15) is 0 Å². The zero-order valence-electron chi connectivity index (χ0n) is 12.0. The summed E-state index contributed by atoms with van der Waals surface area (Å²) in [5.41, 5.74) is 3.55. The lowest BCUT2D eigenvalue weighted by Crippen LogP contribution is -2.17. The maximum Gasteiger partial charge on any atom is 0.271 e. The Morgan fingerprint density at radius 1 is 1.27 bits per heavy atom. The van der Waals surface area contributed by atoms with Crippen LogP contribution in [0.2, 0.25) is 5.02 Å². The number of carbonyl (C=O) groups excluding carboxylic acids is 1. The Bertz CT molecular complexity index is 690. The summed E-state index contributed by atoms with van der Waals surface area (Å²) in [6.45, 7) is 0. The molecule has 0 radical (unpaired) electrons. The first-order valence-corrected chi connectivity index (χ1v) is 6.68. The van der Waals surface area contributed by atoms with Gasteiger partial charge < -0.3 is 9.47 Å². The number of methoxy groups -OCH3 is 2. The zero-order valence-corrected chi connectivity index (χ0v) is 12.8. The Morgan fingerprint density at radius 2 is 2.00 bits per heavy atom. The molecule has 1 amide bonds. The molecule has 0 saturated heterocycles. The van der Waals surface area contributed by atoms with Crippen LogP contribution in [0.1, 0.15) is 15.9 Å². The summed E-state index contributed by atoms with van der Waals surface area (Å²) in [4.78, 5) is 15.6. The second-order valence-electron chi connectivity index (χ2n) is 4.17. The van der Waals surface area contributed by atoms with Crippen LogP contribution in [0.5, 0.6) is 11.5 Å². The highest BCUT2D eigenvalue weighted by Crippen LogP contribution is 2.35. The molecule has 1 aromatic carbocycles. The van der Waals surface area contributed by atoms with E-state index in [0.29, 0.717) is 27.6 Å². The van der Waals surface area contributed by atoms with Gasteiger partial charge in [-0.15, -0.1) is 0 Å². The zero-order chi connectivity index (χ0) is 15.9. The van der Waals surface area contributed by atoms with Gasteiger partial charge in [-0.05, 0) is 29.8 Å². The van der Waals surface area contributed by atoms with Crippen molar-refractivity contribution >= 4 is 23.7 Å². The van der Waals surface area contributed by atoms with Crippen molar-refractivity contribution in [3.8, 4) is 11.5 Å². The number of ether oxygens (including phenoxy) is 2. The fourth-order valence-corrected chi connectivity index (χ4v) is 2.04. The SMILES string of the molecule is COc1cc(C=NNC(=O)c2ccncc2)cc(Cl)c1OC. The lowest BCUT2D eigenvalue weighted by Gasteiger charge is -2.09. The monoisotopic (exact) mass is 319 g/mol. The van der Waals surface area contributed by atoms with Crippen molar-refractivity contribution in [1.29, 1.82) is 0 Å². The molecule has 0 aliphatic rings. The van der Waals surface area contributed by atoms with Gasteiger partial charge in [-0.2, -0.15) is 5.10 Å². The van der Waals surface area contributed by atoms with Gasteiger partial charge in [0.2, 0.25) is 0 Å². The van der Waals surface area contributed by atoms with E-state index in [2.05, 4.69) is 15.5 Å². The minimum Gasteiger partial charge on any atom is -0.493 e. The van der Waals surface area contributed by atoms with E-state index in [4.69, 9.17) is 21.1 Å². The summed E-state index contributed by atoms with van der Waals surface area (Å²) >= 11 is 6.09. The molecular weight excluding hydrogens is 306 g/mol. The highest BCUT2D eigenvalue weighted by molar-refractivity contribution is 6.32. The summed E-state index contributed by atoms with van der Waals surface area (Å²) in [5, 5.41) is 4.28. The first kappa shape index (κ1) is 15.8. The summed E-state index contributed by atoms with van der Waals surface area (Å²) in [6, 6.07) is 6.55. The van der Waals surface area contributed by atoms with Crippen LogP contribution >= 0.6 is 11.6 Å². The van der Waals surface area contributed by atoms with Gasteiger partial charge in [0.15, 0.2) is 11.5 Å². The molecule has 114 valence electrons. The predicted octanol–water partition coefficient (Wildman–Crippen LogP) is 2.52. The molecule has 0 bridgehead atoms. The van der Waals surface area contributed by atoms with Crippen LogP contribution in [0, 0.1) is 0 Å². The van der Waals surface area contributed by atoms with E-state index in [-0.39, 0.29) is 5.91 Å². The number of carbonyl (C=O) groups is 1. The smallest absolute Gasteiger partial charge is 0.271 e. The molecule has 0 unspecified atom stereocenters. The van der Waals surface area contributed by atoms with Crippen molar-refractivity contribution < 1.29 is 14.3 Å². The quantitative estimate of drug-likeness (QED) is 0.679. The van der Waals surface area contributed by atoms with Crippen molar-refractivity contribution in [3.05, 3.63) is 52.8 Å². The van der Waals surface area contributed by atoms with Gasteiger partial charge in [-0.3, -0.25) is 9.78 Å². The minimum atomic E-state index is -0.328. The number of nitrogens with zero attached hydrogens (tertiary/aromatic N) is 2. The predicted molar refractivity (Wildman–Crippen MR) is 83.9 cm³/mol. The number of amides is 1. The second-order valence-corrected chi connectivity index (χ2v) is 4.58. The molecule has 0 atom stereocenters. The Morgan fingerprint density at radius 3 is 2.64 bits per heavy atom. The van der Waals surface area contributed by atoms with E-state index in [1.807, 2.05) is 0 Å². The van der Waals surface area contributed by atoms with Gasteiger partial charge in [-0.25, -0.2) is 5.43 Å². The van der Waals surface area contributed by atoms with Crippen molar-refractivity contribution in [1.82, 2.24) is 10.4 Å². The van der Waals surface area contributed by atoms with E-state index in [9.17, 15) is 4.79 Å². The van der Waals surface area contributed by atoms with Crippen LogP contribution in [-0.4, -0.2) is 31.3 Å². The van der Waals surface area contributed by atoms with Gasteiger partial charge in [0.25, 0.3) is 5.91 Å². The van der Waals surface area contributed by atoms with E-state index in [1.165, 1.54) is 32.8 Å². The number of nitrogens with one attached hydrogen (secondary N) is 1. The third kappa shape index (κ3) is 3.73. The third-order valence-corrected chi connectivity index (χ3v) is 3.06. The molecule has 0 fully saturated rings. The fourth-order valence-electron chi connectivity index (χ4n) is 1.75. The average Bonchev–Trinajstić information content (AvgIpc) is 2.55. The van der Waals surface area contributed by atoms with Gasteiger partial charge in [-0.1, -0.05) is 11.6 Å². The first-order chi connectivity index (χ1) is 10.7. The van der Waals surface area contributed by atoms with E-state index >= 15 is 0 Å². The van der Waals surface area contributed by atoms with Crippen molar-refractivity contribution in [2.45, 2.75) is 0 Å². The third-order valence-electron chi connectivity index (χ3n) is 2.78. The number of hydrazone groups is 1. The van der Waals surface area contributed by atoms with E-state index < -0.39 is 0 Å². The van der Waals surface area contributed by atoms with E-state index in [0.717, 1.165) is 0 Å². The van der Waals surface area contributed by atoms with Crippen molar-refractivity contribution in [2.75, 3.05) is 14.2 Å². The number of rotatable bonds is 5. The Balaban J connectivity index is 2.10. The molecule has 0 saturated carbocycles. The first-order valence-electron chi connectivity index (χ1n) is 6.30. The van der Waals surface area contributed by atoms with Crippen molar-refractivity contribution in [2.24, 2.45) is 5.10 Å². The second kappa shape index (κ2) is 7.42. The Labute approximate surface area is 132 Å². The van der Waals surface area contributed by atoms with Crippen molar-refractivity contribution in [3.63, 3.8) is 0 Å². The van der Waals surface area contributed by atoms with E-state index in [1.54, 1.807) is 24.3 Å². The maximum atomic E-state index is 11.8. The fraction of sp³-hybridized carbons (Fsp3) is 0.133. The van der Waals surface area contributed by atoms with Crippen LogP contribution in [0.3, 0.4) is 0 Å². The minimum absolute atomic E-state index is 0.328. The van der Waals surface area contributed by atoms with Crippen LogP contribution in [0.15, 0.2) is 41.8 Å². The topological polar surface area (TPSA) is 72.8 Å². The molecule has 0 aliphatic heterocycles. The number of halogens is 1. The molecule has 22 heavy (non-hydrogen) atoms.